The average Bonchev–Trinajstić information content (AvgIpc) is 3.62. The predicted molar refractivity (Wildman–Crippen MR) is 131 cm³/mol. The number of nitrogens with zero attached hydrogens (tertiary/aromatic N) is 6. The molecule has 10 nitrogen and oxygen atoms in total. The molecule has 5 rings (SSSR count). The number of ether oxygens (including phenoxy) is 1. The molecule has 4 heterocycles. The highest BCUT2D eigenvalue weighted by molar-refractivity contribution is 5.77. The molecule has 184 valence electrons. The van der Waals surface area contributed by atoms with Crippen LogP contribution in [0.3, 0.4) is 0 Å². The Kier molecular flexibility index (Phi) is 6.96. The van der Waals surface area contributed by atoms with Gasteiger partial charge in [0.2, 0.25) is 11.9 Å². The molecule has 0 atom stereocenters. The molecular weight excluding hydrogens is 432 g/mol. The molecule has 34 heavy (non-hydrogen) atoms. The normalized spacial score (nSPS) is 20.1. The fourth-order valence-electron chi connectivity index (χ4n) is 4.72. The first-order valence-electron chi connectivity index (χ1n) is 12.5. The third-order valence-electron chi connectivity index (χ3n) is 7.04. The van der Waals surface area contributed by atoms with Crippen molar-refractivity contribution in [2.24, 2.45) is 0 Å². The highest BCUT2D eigenvalue weighted by atomic mass is 16.5. The van der Waals surface area contributed by atoms with Gasteiger partial charge in [0.1, 0.15) is 12.4 Å². The number of piperidine rings is 1. The van der Waals surface area contributed by atoms with E-state index in [1.165, 1.54) is 18.4 Å². The number of amides is 1. The van der Waals surface area contributed by atoms with Gasteiger partial charge in [-0.25, -0.2) is 4.98 Å². The molecule has 2 N–H and O–H groups in total. The van der Waals surface area contributed by atoms with Crippen LogP contribution in [0.15, 0.2) is 12.4 Å². The third kappa shape index (κ3) is 5.50. The first-order chi connectivity index (χ1) is 16.6. The summed E-state index contributed by atoms with van der Waals surface area (Å²) in [4.78, 5) is 25.6. The van der Waals surface area contributed by atoms with Gasteiger partial charge in [0.05, 0.1) is 24.0 Å². The van der Waals surface area contributed by atoms with Gasteiger partial charge < -0.3 is 25.2 Å². The lowest BCUT2D eigenvalue weighted by Crippen LogP contribution is -2.42. The number of carbonyl (C=O) groups is 1. The first kappa shape index (κ1) is 23.0. The molecule has 1 aliphatic carbocycles. The van der Waals surface area contributed by atoms with Crippen LogP contribution >= 0.6 is 0 Å². The lowest BCUT2D eigenvalue weighted by Gasteiger charge is -2.28. The minimum absolute atomic E-state index is 0.0783. The van der Waals surface area contributed by atoms with E-state index in [4.69, 9.17) is 14.8 Å². The van der Waals surface area contributed by atoms with Crippen LogP contribution in [0, 0.1) is 6.92 Å². The summed E-state index contributed by atoms with van der Waals surface area (Å²) in [5.74, 6) is 2.11. The molecule has 0 radical (unpaired) electrons. The van der Waals surface area contributed by atoms with E-state index in [-0.39, 0.29) is 12.5 Å². The topological polar surface area (TPSA) is 100 Å². The Labute approximate surface area is 201 Å². The summed E-state index contributed by atoms with van der Waals surface area (Å²) in [7, 11) is 2.17. The van der Waals surface area contributed by atoms with E-state index in [1.807, 2.05) is 18.0 Å². The largest absolute Gasteiger partial charge is 0.370 e. The van der Waals surface area contributed by atoms with Crippen LogP contribution in [-0.4, -0.2) is 88.4 Å². The smallest absolute Gasteiger partial charge is 0.248 e. The molecule has 1 amide bonds. The molecule has 0 aromatic carbocycles. The van der Waals surface area contributed by atoms with E-state index in [0.29, 0.717) is 31.1 Å². The zero-order valence-corrected chi connectivity index (χ0v) is 20.3. The number of morpholine rings is 1. The molecule has 2 aromatic rings. The number of anilines is 3. The Morgan fingerprint density at radius 2 is 2.00 bits per heavy atom. The fraction of sp³-hybridized carbons (Fsp3) is 0.667. The number of hydrogen-bond acceptors (Lipinski definition) is 8. The highest BCUT2D eigenvalue weighted by Crippen LogP contribution is 2.42. The van der Waals surface area contributed by atoms with Crippen molar-refractivity contribution in [3.63, 3.8) is 0 Å². The lowest BCUT2D eigenvalue weighted by molar-refractivity contribution is -0.142. The summed E-state index contributed by atoms with van der Waals surface area (Å²) in [6.45, 7) is 7.23. The van der Waals surface area contributed by atoms with E-state index in [1.54, 1.807) is 0 Å². The van der Waals surface area contributed by atoms with Crippen molar-refractivity contribution in [1.29, 1.82) is 0 Å². The van der Waals surface area contributed by atoms with Gasteiger partial charge in [0.25, 0.3) is 0 Å². The second kappa shape index (κ2) is 10.3. The highest BCUT2D eigenvalue weighted by Gasteiger charge is 2.28. The number of rotatable bonds is 9. The standard InChI is InChI=1S/C24H36N8O2/c1-17-21(15-32(29-17)19-6-10-30(2)11-7-19)27-24-26-14-20(18-4-5-18)23(28-24)25-8-3-9-31-12-13-34-16-22(31)33/h14-15,18-19H,3-13,16H2,1-2H3,(H2,25,26,27,28). The van der Waals surface area contributed by atoms with Crippen LogP contribution in [0.4, 0.5) is 17.5 Å². The summed E-state index contributed by atoms with van der Waals surface area (Å²) in [5.41, 5.74) is 3.10. The van der Waals surface area contributed by atoms with Gasteiger partial charge in [-0.3, -0.25) is 9.48 Å². The van der Waals surface area contributed by atoms with Crippen molar-refractivity contribution < 1.29 is 9.53 Å². The van der Waals surface area contributed by atoms with E-state index in [0.717, 1.165) is 62.6 Å². The Balaban J connectivity index is 1.22. The van der Waals surface area contributed by atoms with Crippen LogP contribution in [0.1, 0.15) is 55.3 Å². The predicted octanol–water partition coefficient (Wildman–Crippen LogP) is 2.53. The zero-order valence-electron chi connectivity index (χ0n) is 20.3. The summed E-state index contributed by atoms with van der Waals surface area (Å²) >= 11 is 0. The minimum atomic E-state index is 0.0783. The molecule has 3 fully saturated rings. The van der Waals surface area contributed by atoms with E-state index in [9.17, 15) is 4.79 Å². The molecular formula is C24H36N8O2. The van der Waals surface area contributed by atoms with Crippen LogP contribution in [0.25, 0.3) is 0 Å². The van der Waals surface area contributed by atoms with E-state index >= 15 is 0 Å². The maximum Gasteiger partial charge on any atom is 0.248 e. The summed E-state index contributed by atoms with van der Waals surface area (Å²) in [6.07, 6.45) is 9.53. The molecule has 0 bridgehead atoms. The minimum Gasteiger partial charge on any atom is -0.370 e. The molecule has 3 aliphatic rings. The Hall–Kier alpha value is -2.72. The van der Waals surface area contributed by atoms with E-state index in [2.05, 4.69) is 38.4 Å². The quantitative estimate of drug-likeness (QED) is 0.542. The molecule has 10 heteroatoms. The van der Waals surface area contributed by atoms with Crippen LogP contribution in [0.2, 0.25) is 0 Å². The van der Waals surface area contributed by atoms with Gasteiger partial charge in [-0.2, -0.15) is 10.1 Å². The zero-order chi connectivity index (χ0) is 23.5. The average molecular weight is 469 g/mol. The second-order valence-electron chi connectivity index (χ2n) is 9.75. The maximum atomic E-state index is 11.9. The number of likely N-dealkylation sites (tertiary alicyclic amines) is 1. The number of carbonyl (C=O) groups excluding carboxylic acids is 1. The Bertz CT molecular complexity index is 997. The van der Waals surface area contributed by atoms with Crippen LogP contribution in [-0.2, 0) is 9.53 Å². The van der Waals surface area contributed by atoms with Crippen LogP contribution in [0.5, 0.6) is 0 Å². The molecule has 2 aromatic heterocycles. The number of hydrogen-bond donors (Lipinski definition) is 2. The summed E-state index contributed by atoms with van der Waals surface area (Å²) in [5, 5.41) is 11.7. The van der Waals surface area contributed by atoms with Crippen molar-refractivity contribution in [3.8, 4) is 0 Å². The van der Waals surface area contributed by atoms with Crippen molar-refractivity contribution in [2.75, 3.05) is 63.6 Å². The molecule has 0 unspecified atom stereocenters. The number of aryl methyl sites for hydroxylation is 1. The summed E-state index contributed by atoms with van der Waals surface area (Å²) < 4.78 is 7.31. The van der Waals surface area contributed by atoms with Gasteiger partial charge in [-0.1, -0.05) is 0 Å². The monoisotopic (exact) mass is 468 g/mol. The van der Waals surface area contributed by atoms with Gasteiger partial charge in [0.15, 0.2) is 0 Å². The van der Waals surface area contributed by atoms with Gasteiger partial charge in [-0.05, 0) is 65.1 Å². The maximum absolute atomic E-state index is 11.9. The Morgan fingerprint density at radius 3 is 2.76 bits per heavy atom. The third-order valence-corrected chi connectivity index (χ3v) is 7.04. The van der Waals surface area contributed by atoms with E-state index < -0.39 is 0 Å². The van der Waals surface area contributed by atoms with Crippen molar-refractivity contribution in [3.05, 3.63) is 23.7 Å². The van der Waals surface area contributed by atoms with Crippen molar-refractivity contribution >= 4 is 23.4 Å². The van der Waals surface area contributed by atoms with Gasteiger partial charge in [0, 0.05) is 37.6 Å². The first-order valence-corrected chi connectivity index (χ1v) is 12.5. The second-order valence-corrected chi connectivity index (χ2v) is 9.75. The lowest BCUT2D eigenvalue weighted by atomic mass is 10.1. The number of nitrogens with one attached hydrogen (secondary N) is 2. The van der Waals surface area contributed by atoms with Crippen LogP contribution < -0.4 is 10.6 Å². The number of aromatic nitrogens is 4. The van der Waals surface area contributed by atoms with Crippen molar-refractivity contribution in [1.82, 2.24) is 29.5 Å². The molecule has 2 aliphatic heterocycles. The molecule has 2 saturated heterocycles. The Morgan fingerprint density at radius 1 is 1.18 bits per heavy atom. The SMILES string of the molecule is Cc1nn(C2CCN(C)CC2)cc1Nc1ncc(C2CC2)c(NCCCN2CCOCC2=O)n1. The van der Waals surface area contributed by atoms with Crippen molar-refractivity contribution in [2.45, 2.75) is 51.0 Å². The molecule has 1 saturated carbocycles. The summed E-state index contributed by atoms with van der Waals surface area (Å²) in [6, 6.07) is 0.444. The molecule has 0 spiro atoms. The van der Waals surface area contributed by atoms with Gasteiger partial charge >= 0.3 is 0 Å². The fourth-order valence-corrected chi connectivity index (χ4v) is 4.72. The van der Waals surface area contributed by atoms with Gasteiger partial charge in [-0.15, -0.1) is 0 Å².